The van der Waals surface area contributed by atoms with Gasteiger partial charge in [-0.05, 0) is 25.1 Å². The Morgan fingerprint density at radius 2 is 1.96 bits per heavy atom. The van der Waals surface area contributed by atoms with E-state index in [-0.39, 0.29) is 20.6 Å². The van der Waals surface area contributed by atoms with E-state index in [0.29, 0.717) is 13.1 Å². The second-order valence-electron chi connectivity index (χ2n) is 5.43. The average molecular weight is 399 g/mol. The van der Waals surface area contributed by atoms with Crippen LogP contribution in [0.15, 0.2) is 30.3 Å². The fourth-order valence-corrected chi connectivity index (χ4v) is 3.33. The molecule has 0 radical (unpaired) electrons. The molecule has 0 fully saturated rings. The van der Waals surface area contributed by atoms with Gasteiger partial charge in [0.05, 0.1) is 26.1 Å². The first-order valence-corrected chi connectivity index (χ1v) is 8.60. The van der Waals surface area contributed by atoms with Crippen LogP contribution in [0.25, 0.3) is 11.0 Å². The van der Waals surface area contributed by atoms with Crippen LogP contribution in [0.3, 0.4) is 0 Å². The number of rotatable bonds is 4. The number of aromatic nitrogens is 2. The number of carbonyl (C=O) groups excluding carboxylic acids is 1. The zero-order valence-electron chi connectivity index (χ0n) is 13.2. The van der Waals surface area contributed by atoms with E-state index in [1.165, 1.54) is 6.07 Å². The van der Waals surface area contributed by atoms with Crippen molar-refractivity contribution in [2.24, 2.45) is 0 Å². The lowest BCUT2D eigenvalue weighted by Gasteiger charge is -2.12. The number of carbonyl (C=O) groups is 1. The van der Waals surface area contributed by atoms with Crippen LogP contribution in [0.1, 0.15) is 16.2 Å². The van der Waals surface area contributed by atoms with Crippen LogP contribution >= 0.6 is 34.8 Å². The molecule has 8 heteroatoms. The number of nitrogens with zero attached hydrogens (tertiary/aromatic N) is 2. The van der Waals surface area contributed by atoms with Gasteiger partial charge < -0.3 is 15.0 Å². The van der Waals surface area contributed by atoms with E-state index >= 15 is 0 Å². The molecule has 2 aromatic carbocycles. The number of aromatic hydroxyl groups is 1. The number of para-hydroxylation sites is 2. The first-order valence-electron chi connectivity index (χ1n) is 7.46. The van der Waals surface area contributed by atoms with Crippen molar-refractivity contribution < 1.29 is 9.90 Å². The maximum atomic E-state index is 12.4. The number of amides is 1. The predicted molar refractivity (Wildman–Crippen MR) is 99.9 cm³/mol. The molecule has 25 heavy (non-hydrogen) atoms. The number of hydrogen-bond acceptors (Lipinski definition) is 3. The minimum absolute atomic E-state index is 0.0315. The molecule has 3 rings (SSSR count). The molecular weight excluding hydrogens is 385 g/mol. The quantitative estimate of drug-likeness (QED) is 0.638. The highest BCUT2D eigenvalue weighted by molar-refractivity contribution is 6.45. The summed E-state index contributed by atoms with van der Waals surface area (Å²) in [6.45, 7) is 2.74. The highest BCUT2D eigenvalue weighted by atomic mass is 35.5. The molecule has 3 aromatic rings. The lowest BCUT2D eigenvalue weighted by Crippen LogP contribution is -2.28. The first kappa shape index (κ1) is 17.9. The van der Waals surface area contributed by atoms with E-state index in [1.807, 2.05) is 35.8 Å². The Bertz CT molecular complexity index is 943. The second-order valence-corrected chi connectivity index (χ2v) is 6.63. The molecule has 130 valence electrons. The van der Waals surface area contributed by atoms with Crippen LogP contribution < -0.4 is 5.32 Å². The average Bonchev–Trinajstić information content (AvgIpc) is 2.89. The molecule has 0 aliphatic rings. The van der Waals surface area contributed by atoms with E-state index in [2.05, 4.69) is 10.3 Å². The molecule has 0 aliphatic carbocycles. The molecule has 0 aliphatic heterocycles. The van der Waals surface area contributed by atoms with Gasteiger partial charge in [0.25, 0.3) is 5.91 Å². The normalized spacial score (nSPS) is 11.0. The van der Waals surface area contributed by atoms with Crippen LogP contribution in [0.2, 0.25) is 15.1 Å². The third kappa shape index (κ3) is 3.40. The van der Waals surface area contributed by atoms with Gasteiger partial charge in [0.2, 0.25) is 0 Å². The molecule has 0 saturated heterocycles. The summed E-state index contributed by atoms with van der Waals surface area (Å²) >= 11 is 17.8. The number of phenolic OH excluding ortho intramolecular Hbond substituents is 1. The minimum Gasteiger partial charge on any atom is -0.505 e. The van der Waals surface area contributed by atoms with Gasteiger partial charge in [-0.3, -0.25) is 4.79 Å². The Labute approximate surface area is 159 Å². The van der Waals surface area contributed by atoms with Gasteiger partial charge >= 0.3 is 0 Å². The molecule has 0 atom stereocenters. The highest BCUT2D eigenvalue weighted by Crippen LogP contribution is 2.38. The van der Waals surface area contributed by atoms with Crippen LogP contribution in [-0.4, -0.2) is 27.1 Å². The van der Waals surface area contributed by atoms with Gasteiger partial charge in [0.1, 0.15) is 17.1 Å². The predicted octanol–water partition coefficient (Wildman–Crippen LogP) is 4.44. The standard InChI is InChI=1S/C17H14Cl3N3O2/c1-9-22-12-4-2-3-5-13(12)23(9)7-6-21-17(25)14-15(20)10(18)8-11(19)16(14)24/h2-5,8,24H,6-7H2,1H3,(H,21,25). The summed E-state index contributed by atoms with van der Waals surface area (Å²) in [7, 11) is 0. The number of aryl methyl sites for hydroxylation is 1. The third-order valence-electron chi connectivity index (χ3n) is 3.84. The fourth-order valence-electron chi connectivity index (χ4n) is 2.64. The Morgan fingerprint density at radius 3 is 2.72 bits per heavy atom. The van der Waals surface area contributed by atoms with Crippen LogP contribution in [-0.2, 0) is 6.54 Å². The third-order valence-corrected chi connectivity index (χ3v) is 4.91. The number of imidazole rings is 1. The number of fused-ring (bicyclic) bond motifs is 1. The Morgan fingerprint density at radius 1 is 1.24 bits per heavy atom. The Balaban J connectivity index is 1.76. The Hall–Kier alpha value is -1.95. The molecule has 0 saturated carbocycles. The summed E-state index contributed by atoms with van der Waals surface area (Å²) < 4.78 is 2.00. The Kier molecular flexibility index (Phi) is 5.08. The fraction of sp³-hybridized carbons (Fsp3) is 0.176. The molecule has 0 unspecified atom stereocenters. The van der Waals surface area contributed by atoms with Crippen molar-refractivity contribution in [2.75, 3.05) is 6.54 Å². The number of phenols is 1. The number of nitrogens with one attached hydrogen (secondary N) is 1. The van der Waals surface area contributed by atoms with Crippen molar-refractivity contribution in [3.8, 4) is 5.75 Å². The van der Waals surface area contributed by atoms with Crippen LogP contribution in [0.4, 0.5) is 0 Å². The number of halogens is 3. The van der Waals surface area contributed by atoms with E-state index in [4.69, 9.17) is 34.8 Å². The molecule has 1 heterocycles. The van der Waals surface area contributed by atoms with Gasteiger partial charge in [-0.15, -0.1) is 0 Å². The van der Waals surface area contributed by atoms with Gasteiger partial charge in [-0.25, -0.2) is 4.98 Å². The molecule has 0 bridgehead atoms. The molecule has 1 aromatic heterocycles. The lowest BCUT2D eigenvalue weighted by atomic mass is 10.2. The van der Waals surface area contributed by atoms with Crippen molar-refractivity contribution in [1.29, 1.82) is 0 Å². The summed E-state index contributed by atoms with van der Waals surface area (Å²) in [5.74, 6) is -0.0890. The second kappa shape index (κ2) is 7.12. The maximum Gasteiger partial charge on any atom is 0.256 e. The van der Waals surface area contributed by atoms with Crippen molar-refractivity contribution in [3.63, 3.8) is 0 Å². The van der Waals surface area contributed by atoms with Gasteiger partial charge in [0, 0.05) is 13.1 Å². The molecule has 1 amide bonds. The van der Waals surface area contributed by atoms with Crippen LogP contribution in [0, 0.1) is 6.92 Å². The number of hydrogen-bond donors (Lipinski definition) is 2. The summed E-state index contributed by atoms with van der Waals surface area (Å²) in [5, 5.41) is 12.7. The van der Waals surface area contributed by atoms with E-state index in [1.54, 1.807) is 0 Å². The number of benzene rings is 2. The van der Waals surface area contributed by atoms with Crippen molar-refractivity contribution in [2.45, 2.75) is 13.5 Å². The van der Waals surface area contributed by atoms with Crippen molar-refractivity contribution in [3.05, 3.63) is 56.8 Å². The van der Waals surface area contributed by atoms with Crippen molar-refractivity contribution >= 4 is 51.7 Å². The minimum atomic E-state index is -0.547. The smallest absolute Gasteiger partial charge is 0.256 e. The topological polar surface area (TPSA) is 67.2 Å². The zero-order chi connectivity index (χ0) is 18.1. The largest absolute Gasteiger partial charge is 0.505 e. The molecule has 2 N–H and O–H groups in total. The zero-order valence-corrected chi connectivity index (χ0v) is 15.5. The summed E-state index contributed by atoms with van der Waals surface area (Å²) in [6.07, 6.45) is 0. The molecule has 5 nitrogen and oxygen atoms in total. The molecule has 0 spiro atoms. The van der Waals surface area contributed by atoms with E-state index < -0.39 is 11.7 Å². The van der Waals surface area contributed by atoms with E-state index in [0.717, 1.165) is 16.9 Å². The maximum absolute atomic E-state index is 12.4. The SMILES string of the molecule is Cc1nc2ccccc2n1CCNC(=O)c1c(O)c(Cl)cc(Cl)c1Cl. The van der Waals surface area contributed by atoms with Gasteiger partial charge in [0.15, 0.2) is 0 Å². The van der Waals surface area contributed by atoms with E-state index in [9.17, 15) is 9.90 Å². The summed E-state index contributed by atoms with van der Waals surface area (Å²) in [5.41, 5.74) is 1.75. The first-order chi connectivity index (χ1) is 11.9. The van der Waals surface area contributed by atoms with Gasteiger partial charge in [-0.2, -0.15) is 0 Å². The van der Waals surface area contributed by atoms with Crippen LogP contribution in [0.5, 0.6) is 5.75 Å². The molecular formula is C17H14Cl3N3O2. The lowest BCUT2D eigenvalue weighted by molar-refractivity contribution is 0.0950. The monoisotopic (exact) mass is 397 g/mol. The summed E-state index contributed by atoms with van der Waals surface area (Å²) in [4.78, 5) is 16.8. The van der Waals surface area contributed by atoms with Crippen molar-refractivity contribution in [1.82, 2.24) is 14.9 Å². The van der Waals surface area contributed by atoms with Gasteiger partial charge in [-0.1, -0.05) is 46.9 Å². The highest BCUT2D eigenvalue weighted by Gasteiger charge is 2.21. The summed E-state index contributed by atoms with van der Waals surface area (Å²) in [6, 6.07) is 9.05.